The van der Waals surface area contributed by atoms with Crippen molar-refractivity contribution in [3.63, 3.8) is 0 Å². The first-order valence-corrected chi connectivity index (χ1v) is 9.39. The molecule has 0 aliphatic heterocycles. The quantitative estimate of drug-likeness (QED) is 0.718. The molecule has 0 spiro atoms. The third-order valence-electron chi connectivity index (χ3n) is 3.26. The van der Waals surface area contributed by atoms with Crippen molar-refractivity contribution in [1.82, 2.24) is 4.72 Å². The van der Waals surface area contributed by atoms with Gasteiger partial charge in [-0.2, -0.15) is 0 Å². The molecule has 7 heteroatoms. The second-order valence-corrected chi connectivity index (χ2v) is 7.76. The molecule has 0 saturated carbocycles. The molecule has 0 bridgehead atoms. The maximum absolute atomic E-state index is 12.4. The first-order valence-electron chi connectivity index (χ1n) is 7.11. The average molecular weight is 409 g/mol. The van der Waals surface area contributed by atoms with E-state index in [-0.39, 0.29) is 22.9 Å². The zero-order valence-corrected chi connectivity index (χ0v) is 15.4. The second-order valence-electron chi connectivity index (χ2n) is 5.08. The second kappa shape index (κ2) is 7.74. The monoisotopic (exact) mass is 408 g/mol. The number of hydrogen-bond donors (Lipinski definition) is 2. The lowest BCUT2D eigenvalue weighted by molar-refractivity contribution is 0.102. The summed E-state index contributed by atoms with van der Waals surface area (Å²) in [5, 5.41) is 2.78. The number of sulfonamides is 1. The Labute approximate surface area is 150 Å². The van der Waals surface area contributed by atoms with Crippen LogP contribution in [0.3, 0.4) is 0 Å². The van der Waals surface area contributed by atoms with Crippen molar-refractivity contribution in [2.75, 3.05) is 11.9 Å². The van der Waals surface area contributed by atoms with Crippen molar-refractivity contribution in [3.8, 4) is 0 Å². The third kappa shape index (κ3) is 4.53. The van der Waals surface area contributed by atoms with E-state index in [1.807, 2.05) is 19.1 Å². The van der Waals surface area contributed by atoms with Crippen LogP contribution in [0.25, 0.3) is 0 Å². The number of hydrogen-bond acceptors (Lipinski definition) is 3. The fourth-order valence-corrected chi connectivity index (χ4v) is 3.54. The third-order valence-corrected chi connectivity index (χ3v) is 5.18. The van der Waals surface area contributed by atoms with Crippen molar-refractivity contribution in [1.29, 1.82) is 0 Å². The number of rotatable bonds is 6. The molecule has 2 N–H and O–H groups in total. The van der Waals surface area contributed by atoms with Crippen LogP contribution in [0.4, 0.5) is 5.69 Å². The molecule has 0 saturated heterocycles. The molecule has 5 nitrogen and oxygen atoms in total. The number of anilines is 1. The fraction of sp³-hybridized carbons (Fsp3) is 0.118. The first kappa shape index (κ1) is 18.4. The van der Waals surface area contributed by atoms with Gasteiger partial charge in [0.1, 0.15) is 0 Å². The number of nitrogens with one attached hydrogen (secondary N) is 2. The van der Waals surface area contributed by atoms with Crippen LogP contribution in [0.1, 0.15) is 15.9 Å². The van der Waals surface area contributed by atoms with Gasteiger partial charge in [-0.25, -0.2) is 13.1 Å². The van der Waals surface area contributed by atoms with Crippen molar-refractivity contribution >= 4 is 37.5 Å². The summed E-state index contributed by atoms with van der Waals surface area (Å²) in [7, 11) is -3.67. The van der Waals surface area contributed by atoms with Gasteiger partial charge in [0, 0.05) is 22.3 Å². The molecule has 0 aliphatic rings. The summed E-state index contributed by atoms with van der Waals surface area (Å²) in [6, 6.07) is 11.4. The van der Waals surface area contributed by atoms with Crippen LogP contribution in [-0.2, 0) is 10.0 Å². The van der Waals surface area contributed by atoms with Crippen molar-refractivity contribution in [2.24, 2.45) is 0 Å². The predicted molar refractivity (Wildman–Crippen MR) is 98.7 cm³/mol. The van der Waals surface area contributed by atoms with E-state index in [9.17, 15) is 13.2 Å². The summed E-state index contributed by atoms with van der Waals surface area (Å²) in [5.41, 5.74) is 1.83. The molecule has 0 aliphatic carbocycles. The first-order chi connectivity index (χ1) is 11.3. The molecule has 0 fully saturated rings. The van der Waals surface area contributed by atoms with E-state index in [4.69, 9.17) is 0 Å². The lowest BCUT2D eigenvalue weighted by atomic mass is 10.1. The van der Waals surface area contributed by atoms with Gasteiger partial charge in [-0.05, 0) is 48.9 Å². The highest BCUT2D eigenvalue weighted by atomic mass is 79.9. The number of halogens is 1. The number of carbonyl (C=O) groups excluding carboxylic acids is 1. The van der Waals surface area contributed by atoms with Crippen LogP contribution in [0.15, 0.2) is 64.5 Å². The number of benzene rings is 2. The van der Waals surface area contributed by atoms with Gasteiger partial charge in [-0.1, -0.05) is 28.1 Å². The SMILES string of the molecule is C=CCNS(=O)(=O)c1cccc(C(=O)Nc2ccc(Br)cc2C)c1. The number of carbonyl (C=O) groups is 1. The van der Waals surface area contributed by atoms with E-state index < -0.39 is 10.0 Å². The maximum atomic E-state index is 12.4. The van der Waals surface area contributed by atoms with E-state index >= 15 is 0 Å². The lowest BCUT2D eigenvalue weighted by Crippen LogP contribution is -2.24. The summed E-state index contributed by atoms with van der Waals surface area (Å²) >= 11 is 3.37. The summed E-state index contributed by atoms with van der Waals surface area (Å²) in [6.07, 6.45) is 1.45. The Hall–Kier alpha value is -1.96. The molecule has 0 aromatic heterocycles. The summed E-state index contributed by atoms with van der Waals surface area (Å²) in [5.74, 6) is -0.374. The zero-order chi connectivity index (χ0) is 17.7. The molecule has 1 amide bonds. The Balaban J connectivity index is 2.24. The number of amides is 1. The Morgan fingerprint density at radius 2 is 2.00 bits per heavy atom. The Morgan fingerprint density at radius 3 is 2.67 bits per heavy atom. The van der Waals surface area contributed by atoms with Crippen LogP contribution < -0.4 is 10.0 Å². The predicted octanol–water partition coefficient (Wildman–Crippen LogP) is 3.47. The van der Waals surface area contributed by atoms with E-state index in [2.05, 4.69) is 32.5 Å². The van der Waals surface area contributed by atoms with Gasteiger partial charge >= 0.3 is 0 Å². The molecule has 0 atom stereocenters. The van der Waals surface area contributed by atoms with Gasteiger partial charge in [0.2, 0.25) is 10.0 Å². The van der Waals surface area contributed by atoms with Gasteiger partial charge in [0.15, 0.2) is 0 Å². The minimum Gasteiger partial charge on any atom is -0.322 e. The lowest BCUT2D eigenvalue weighted by Gasteiger charge is -2.10. The van der Waals surface area contributed by atoms with Crippen LogP contribution in [0.2, 0.25) is 0 Å². The van der Waals surface area contributed by atoms with Crippen molar-refractivity contribution < 1.29 is 13.2 Å². The van der Waals surface area contributed by atoms with Gasteiger partial charge < -0.3 is 5.32 Å². The summed E-state index contributed by atoms with van der Waals surface area (Å²) in [6.45, 7) is 5.47. The molecule has 0 unspecified atom stereocenters. The van der Waals surface area contributed by atoms with Gasteiger partial charge in [-0.3, -0.25) is 4.79 Å². The highest BCUT2D eigenvalue weighted by Crippen LogP contribution is 2.21. The average Bonchev–Trinajstić information content (AvgIpc) is 2.55. The van der Waals surface area contributed by atoms with Crippen LogP contribution in [-0.4, -0.2) is 20.9 Å². The van der Waals surface area contributed by atoms with Gasteiger partial charge in [0.25, 0.3) is 5.91 Å². The highest BCUT2D eigenvalue weighted by molar-refractivity contribution is 9.10. The number of aryl methyl sites for hydroxylation is 1. The minimum absolute atomic E-state index is 0.0320. The molecule has 126 valence electrons. The minimum atomic E-state index is -3.67. The normalized spacial score (nSPS) is 11.1. The van der Waals surface area contributed by atoms with Crippen LogP contribution in [0, 0.1) is 6.92 Å². The highest BCUT2D eigenvalue weighted by Gasteiger charge is 2.15. The van der Waals surface area contributed by atoms with Gasteiger partial charge in [0.05, 0.1) is 4.90 Å². The largest absolute Gasteiger partial charge is 0.322 e. The van der Waals surface area contributed by atoms with Crippen LogP contribution in [0.5, 0.6) is 0 Å². The van der Waals surface area contributed by atoms with Crippen molar-refractivity contribution in [3.05, 3.63) is 70.7 Å². The standard InChI is InChI=1S/C17H17BrN2O3S/c1-3-9-19-24(22,23)15-6-4-5-13(11-15)17(21)20-16-8-7-14(18)10-12(16)2/h3-8,10-11,19H,1,9H2,2H3,(H,20,21). The van der Waals surface area contributed by atoms with Crippen LogP contribution >= 0.6 is 15.9 Å². The van der Waals surface area contributed by atoms with E-state index in [0.717, 1.165) is 10.0 Å². The molecular weight excluding hydrogens is 392 g/mol. The smallest absolute Gasteiger partial charge is 0.255 e. The molecule has 24 heavy (non-hydrogen) atoms. The molecule has 0 heterocycles. The van der Waals surface area contributed by atoms with E-state index in [1.54, 1.807) is 12.1 Å². The maximum Gasteiger partial charge on any atom is 0.255 e. The van der Waals surface area contributed by atoms with E-state index in [1.165, 1.54) is 24.3 Å². The van der Waals surface area contributed by atoms with Gasteiger partial charge in [-0.15, -0.1) is 6.58 Å². The zero-order valence-electron chi connectivity index (χ0n) is 13.0. The Bertz CT molecular complexity index is 879. The summed E-state index contributed by atoms with van der Waals surface area (Å²) in [4.78, 5) is 12.4. The molecule has 0 radical (unpaired) electrons. The molecule has 2 rings (SSSR count). The topological polar surface area (TPSA) is 75.3 Å². The summed E-state index contributed by atoms with van der Waals surface area (Å²) < 4.78 is 27.5. The Morgan fingerprint density at radius 1 is 1.25 bits per heavy atom. The molecule has 2 aromatic carbocycles. The fourth-order valence-electron chi connectivity index (χ4n) is 2.02. The molecular formula is C17H17BrN2O3S. The van der Waals surface area contributed by atoms with Crippen molar-refractivity contribution in [2.45, 2.75) is 11.8 Å². The Kier molecular flexibility index (Phi) is 5.93. The van der Waals surface area contributed by atoms with E-state index in [0.29, 0.717) is 5.69 Å². The molecule has 2 aromatic rings.